The highest BCUT2D eigenvalue weighted by Crippen LogP contribution is 2.15. The van der Waals surface area contributed by atoms with E-state index in [2.05, 4.69) is 56.2 Å². The van der Waals surface area contributed by atoms with Gasteiger partial charge in [-0.05, 0) is 55.6 Å². The average molecular weight is 346 g/mol. The molecule has 0 N–H and O–H groups in total. The van der Waals surface area contributed by atoms with Crippen molar-refractivity contribution < 1.29 is 0 Å². The van der Waals surface area contributed by atoms with Crippen LogP contribution in [-0.2, 0) is 6.42 Å². The average Bonchev–Trinajstić information content (AvgIpc) is 2.72. The monoisotopic (exact) mass is 346 g/mol. The number of hydrogen-bond donors (Lipinski definition) is 0. The summed E-state index contributed by atoms with van der Waals surface area (Å²) in [6.45, 7) is 5.61. The molecule has 3 heterocycles. The van der Waals surface area contributed by atoms with E-state index in [1.165, 1.54) is 30.3 Å². The molecule has 4 rings (SSSR count). The van der Waals surface area contributed by atoms with Gasteiger partial charge in [0.05, 0.1) is 5.52 Å². The Labute approximate surface area is 155 Å². The normalized spacial score (nSPS) is 15.5. The Morgan fingerprint density at radius 3 is 2.54 bits per heavy atom. The van der Waals surface area contributed by atoms with Crippen molar-refractivity contribution in [1.82, 2.24) is 14.9 Å². The van der Waals surface area contributed by atoms with E-state index in [0.29, 0.717) is 0 Å². The van der Waals surface area contributed by atoms with Crippen molar-refractivity contribution in [1.29, 1.82) is 0 Å². The summed E-state index contributed by atoms with van der Waals surface area (Å²) in [7, 11) is 0. The number of para-hydroxylation sites is 1. The zero-order chi connectivity index (χ0) is 17.6. The van der Waals surface area contributed by atoms with Gasteiger partial charge in [0.15, 0.2) is 0 Å². The molecule has 0 bridgehead atoms. The molecule has 0 radical (unpaired) electrons. The van der Waals surface area contributed by atoms with E-state index >= 15 is 0 Å². The minimum Gasteiger partial charge on any atom is -0.354 e. The fourth-order valence-corrected chi connectivity index (χ4v) is 3.66. The molecule has 0 amide bonds. The Morgan fingerprint density at radius 1 is 0.846 bits per heavy atom. The van der Waals surface area contributed by atoms with E-state index in [0.717, 1.165) is 43.9 Å². The molecule has 0 aliphatic carbocycles. The second-order valence-corrected chi connectivity index (χ2v) is 7.01. The molecule has 1 fully saturated rings. The molecule has 2 aromatic heterocycles. The summed E-state index contributed by atoms with van der Waals surface area (Å²) < 4.78 is 0. The Morgan fingerprint density at radius 2 is 1.69 bits per heavy atom. The summed E-state index contributed by atoms with van der Waals surface area (Å²) in [6, 6.07) is 16.8. The Bertz CT molecular complexity index is 826. The Balaban J connectivity index is 1.19. The second kappa shape index (κ2) is 8.28. The lowest BCUT2D eigenvalue weighted by atomic mass is 10.1. The molecule has 3 aromatic rings. The van der Waals surface area contributed by atoms with Crippen molar-refractivity contribution in [3.05, 3.63) is 66.5 Å². The first-order valence-corrected chi connectivity index (χ1v) is 9.60. The number of nitrogens with zero attached hydrogens (tertiary/aromatic N) is 4. The molecule has 26 heavy (non-hydrogen) atoms. The molecule has 0 saturated carbocycles. The lowest BCUT2D eigenvalue weighted by Gasteiger charge is -2.35. The fraction of sp³-hybridized carbons (Fsp3) is 0.364. The molecular formula is C22H26N4. The van der Waals surface area contributed by atoms with E-state index in [1.807, 2.05) is 24.5 Å². The molecule has 0 atom stereocenters. The number of fused-ring (bicyclic) bond motifs is 1. The van der Waals surface area contributed by atoms with E-state index in [1.54, 1.807) is 0 Å². The number of pyridine rings is 2. The van der Waals surface area contributed by atoms with Crippen LogP contribution in [0.4, 0.5) is 5.82 Å². The third-order valence-electron chi connectivity index (χ3n) is 5.18. The second-order valence-electron chi connectivity index (χ2n) is 7.01. The van der Waals surface area contributed by atoms with Gasteiger partial charge in [-0.25, -0.2) is 4.98 Å². The van der Waals surface area contributed by atoms with Gasteiger partial charge < -0.3 is 4.90 Å². The van der Waals surface area contributed by atoms with Crippen LogP contribution in [0.15, 0.2) is 60.9 Å². The zero-order valence-corrected chi connectivity index (χ0v) is 15.2. The van der Waals surface area contributed by atoms with Crippen LogP contribution >= 0.6 is 0 Å². The van der Waals surface area contributed by atoms with Crippen LogP contribution in [-0.4, -0.2) is 47.6 Å². The molecule has 134 valence electrons. The topological polar surface area (TPSA) is 32.3 Å². The van der Waals surface area contributed by atoms with Crippen molar-refractivity contribution in [3.8, 4) is 0 Å². The summed E-state index contributed by atoms with van der Waals surface area (Å²) in [5.41, 5.74) is 2.44. The predicted molar refractivity (Wildman–Crippen MR) is 108 cm³/mol. The highest BCUT2D eigenvalue weighted by Gasteiger charge is 2.17. The number of aryl methyl sites for hydroxylation is 1. The SMILES string of the molecule is c1ccc(N2CCN(CCCCc3cnc4ccccc4c3)CC2)nc1. The van der Waals surface area contributed by atoms with E-state index < -0.39 is 0 Å². The number of aromatic nitrogens is 2. The molecule has 4 nitrogen and oxygen atoms in total. The quantitative estimate of drug-likeness (QED) is 0.636. The number of anilines is 1. The summed E-state index contributed by atoms with van der Waals surface area (Å²) in [5, 5.41) is 1.25. The Hall–Kier alpha value is -2.46. The van der Waals surface area contributed by atoms with Gasteiger partial charge in [0.1, 0.15) is 5.82 Å². The molecule has 1 aliphatic rings. The molecule has 1 aromatic carbocycles. The standard InChI is InChI=1S/C22H26N4/c1-2-9-21-20(8-1)17-19(18-24-21)7-4-6-12-25-13-15-26(16-14-25)22-10-3-5-11-23-22/h1-3,5,8-11,17-18H,4,6-7,12-16H2. The van der Waals surface area contributed by atoms with Crippen LogP contribution in [0.2, 0.25) is 0 Å². The van der Waals surface area contributed by atoms with Crippen LogP contribution in [0.25, 0.3) is 10.9 Å². The van der Waals surface area contributed by atoms with Crippen molar-refractivity contribution in [2.24, 2.45) is 0 Å². The van der Waals surface area contributed by atoms with Crippen molar-refractivity contribution >= 4 is 16.7 Å². The maximum Gasteiger partial charge on any atom is 0.128 e. The lowest BCUT2D eigenvalue weighted by molar-refractivity contribution is 0.252. The molecule has 0 spiro atoms. The third-order valence-corrected chi connectivity index (χ3v) is 5.18. The number of hydrogen-bond acceptors (Lipinski definition) is 4. The van der Waals surface area contributed by atoms with Crippen molar-refractivity contribution in [2.75, 3.05) is 37.6 Å². The summed E-state index contributed by atoms with van der Waals surface area (Å²) in [6.07, 6.45) is 7.50. The zero-order valence-electron chi connectivity index (χ0n) is 15.2. The number of rotatable bonds is 6. The molecule has 4 heteroatoms. The Kier molecular flexibility index (Phi) is 5.41. The van der Waals surface area contributed by atoms with Crippen molar-refractivity contribution in [2.45, 2.75) is 19.3 Å². The van der Waals surface area contributed by atoms with Gasteiger partial charge >= 0.3 is 0 Å². The van der Waals surface area contributed by atoms with Gasteiger partial charge in [0.25, 0.3) is 0 Å². The molecule has 0 unspecified atom stereocenters. The minimum absolute atomic E-state index is 1.08. The lowest BCUT2D eigenvalue weighted by Crippen LogP contribution is -2.46. The fourth-order valence-electron chi connectivity index (χ4n) is 3.66. The molecular weight excluding hydrogens is 320 g/mol. The van der Waals surface area contributed by atoms with Gasteiger partial charge in [-0.1, -0.05) is 24.3 Å². The van der Waals surface area contributed by atoms with E-state index in [9.17, 15) is 0 Å². The first kappa shape index (κ1) is 17.0. The first-order chi connectivity index (χ1) is 12.9. The summed E-state index contributed by atoms with van der Waals surface area (Å²) in [5.74, 6) is 1.11. The van der Waals surface area contributed by atoms with E-state index in [4.69, 9.17) is 0 Å². The van der Waals surface area contributed by atoms with Crippen LogP contribution in [0.3, 0.4) is 0 Å². The summed E-state index contributed by atoms with van der Waals surface area (Å²) >= 11 is 0. The highest BCUT2D eigenvalue weighted by atomic mass is 15.3. The first-order valence-electron chi connectivity index (χ1n) is 9.60. The molecule has 1 saturated heterocycles. The van der Waals surface area contributed by atoms with Crippen molar-refractivity contribution in [3.63, 3.8) is 0 Å². The predicted octanol–water partition coefficient (Wildman–Crippen LogP) is 3.77. The van der Waals surface area contributed by atoms with Gasteiger partial charge in [0, 0.05) is 44.0 Å². The minimum atomic E-state index is 1.08. The largest absolute Gasteiger partial charge is 0.354 e. The number of benzene rings is 1. The van der Waals surface area contributed by atoms with E-state index in [-0.39, 0.29) is 0 Å². The smallest absolute Gasteiger partial charge is 0.128 e. The maximum absolute atomic E-state index is 4.57. The van der Waals surface area contributed by atoms with Crippen LogP contribution < -0.4 is 4.90 Å². The van der Waals surface area contributed by atoms with Crippen LogP contribution in [0.5, 0.6) is 0 Å². The number of unbranched alkanes of at least 4 members (excludes halogenated alkanes) is 1. The molecule has 1 aliphatic heterocycles. The third kappa shape index (κ3) is 4.20. The van der Waals surface area contributed by atoms with Crippen LogP contribution in [0, 0.1) is 0 Å². The van der Waals surface area contributed by atoms with Gasteiger partial charge in [-0.3, -0.25) is 9.88 Å². The van der Waals surface area contributed by atoms with Gasteiger partial charge in [0.2, 0.25) is 0 Å². The van der Waals surface area contributed by atoms with Crippen LogP contribution in [0.1, 0.15) is 18.4 Å². The highest BCUT2D eigenvalue weighted by molar-refractivity contribution is 5.78. The maximum atomic E-state index is 4.57. The van der Waals surface area contributed by atoms with Gasteiger partial charge in [-0.15, -0.1) is 0 Å². The number of piperazine rings is 1. The van der Waals surface area contributed by atoms with Gasteiger partial charge in [-0.2, -0.15) is 0 Å². The summed E-state index contributed by atoms with van der Waals surface area (Å²) in [4.78, 5) is 14.0.